The third-order valence-corrected chi connectivity index (χ3v) is 4.55. The second-order valence-electron chi connectivity index (χ2n) is 6.04. The van der Waals surface area contributed by atoms with Crippen LogP contribution in [0.5, 0.6) is 0 Å². The predicted octanol–water partition coefficient (Wildman–Crippen LogP) is 1.11. The van der Waals surface area contributed by atoms with Crippen molar-refractivity contribution in [1.29, 1.82) is 0 Å². The molecule has 23 heavy (non-hydrogen) atoms. The van der Waals surface area contributed by atoms with E-state index in [0.717, 1.165) is 19.5 Å². The molecule has 1 saturated heterocycles. The number of amides is 1. The van der Waals surface area contributed by atoms with Gasteiger partial charge in [-0.05, 0) is 20.5 Å². The van der Waals surface area contributed by atoms with Crippen LogP contribution >= 0.6 is 11.6 Å². The first-order valence-electron chi connectivity index (χ1n) is 7.74. The topological polar surface area (TPSA) is 78.7 Å². The molecule has 1 aliphatic heterocycles. The Hall–Kier alpha value is -1.60. The highest BCUT2D eigenvalue weighted by Gasteiger charge is 2.27. The Morgan fingerprint density at radius 1 is 1.43 bits per heavy atom. The number of aromatic nitrogens is 2. The first-order chi connectivity index (χ1) is 10.9. The quantitative estimate of drug-likeness (QED) is 0.803. The number of likely N-dealkylation sites (N-methyl/N-ethyl adjacent to an activating group) is 1. The van der Waals surface area contributed by atoms with E-state index in [4.69, 9.17) is 16.7 Å². The Bertz CT molecular complexity index is 573. The molecule has 1 N–H and O–H groups in total. The van der Waals surface area contributed by atoms with Gasteiger partial charge in [0.25, 0.3) is 0 Å². The highest BCUT2D eigenvalue weighted by molar-refractivity contribution is 6.29. The molecule has 1 fully saturated rings. The van der Waals surface area contributed by atoms with E-state index in [0.29, 0.717) is 29.9 Å². The molecule has 1 atom stereocenters. The van der Waals surface area contributed by atoms with Gasteiger partial charge in [-0.2, -0.15) is 0 Å². The van der Waals surface area contributed by atoms with Gasteiger partial charge in [-0.3, -0.25) is 9.59 Å². The molecule has 1 aromatic rings. The Labute approximate surface area is 140 Å². The van der Waals surface area contributed by atoms with Crippen molar-refractivity contribution in [2.75, 3.05) is 27.2 Å². The number of aliphatic carboxylic acids is 1. The van der Waals surface area contributed by atoms with Crippen molar-refractivity contribution >= 4 is 23.5 Å². The number of carboxylic acids is 1. The summed E-state index contributed by atoms with van der Waals surface area (Å²) in [5, 5.41) is 9.19. The smallest absolute Gasteiger partial charge is 0.305 e. The second-order valence-corrected chi connectivity index (χ2v) is 6.43. The lowest BCUT2D eigenvalue weighted by Crippen LogP contribution is -2.34. The third kappa shape index (κ3) is 4.68. The summed E-state index contributed by atoms with van der Waals surface area (Å²) in [6.45, 7) is 1.82. The van der Waals surface area contributed by atoms with Gasteiger partial charge < -0.3 is 19.5 Å². The van der Waals surface area contributed by atoms with Gasteiger partial charge >= 0.3 is 5.97 Å². The molecule has 0 unspecified atom stereocenters. The Morgan fingerprint density at radius 2 is 2.17 bits per heavy atom. The van der Waals surface area contributed by atoms with Crippen molar-refractivity contribution in [3.8, 4) is 0 Å². The highest BCUT2D eigenvalue weighted by Crippen LogP contribution is 2.17. The van der Waals surface area contributed by atoms with E-state index in [1.807, 2.05) is 19.0 Å². The fourth-order valence-corrected chi connectivity index (χ4v) is 3.03. The Morgan fingerprint density at radius 3 is 2.78 bits per heavy atom. The van der Waals surface area contributed by atoms with Gasteiger partial charge in [0, 0.05) is 38.5 Å². The van der Waals surface area contributed by atoms with Crippen LogP contribution in [0.4, 0.5) is 0 Å². The van der Waals surface area contributed by atoms with Crippen LogP contribution in [0.3, 0.4) is 0 Å². The molecule has 0 radical (unpaired) electrons. The zero-order chi connectivity index (χ0) is 17.0. The monoisotopic (exact) mass is 342 g/mol. The molecule has 0 bridgehead atoms. The molecule has 1 amide bonds. The van der Waals surface area contributed by atoms with Crippen molar-refractivity contribution in [1.82, 2.24) is 19.4 Å². The number of nitrogens with zero attached hydrogens (tertiary/aromatic N) is 4. The Balaban J connectivity index is 1.88. The fraction of sp³-hybridized carbons (Fsp3) is 0.667. The van der Waals surface area contributed by atoms with E-state index < -0.39 is 5.97 Å². The van der Waals surface area contributed by atoms with E-state index in [1.54, 1.807) is 4.57 Å². The summed E-state index contributed by atoms with van der Waals surface area (Å²) < 4.78 is 1.66. The van der Waals surface area contributed by atoms with Crippen molar-refractivity contribution in [3.05, 3.63) is 17.2 Å². The minimum atomic E-state index is -0.886. The standard InChI is InChI=1S/C15H23ClN4O3/c1-18(2)11-5-7-19(10-11)14(21)4-3-13-17-9-12(16)20(13)8-6-15(22)23/h9,11H,3-8,10H2,1-2H3,(H,22,23)/t11-/m0/s1. The first-order valence-corrected chi connectivity index (χ1v) is 8.12. The molecule has 0 saturated carbocycles. The summed E-state index contributed by atoms with van der Waals surface area (Å²) in [4.78, 5) is 31.2. The molecule has 0 aliphatic carbocycles. The van der Waals surface area contributed by atoms with Crippen LogP contribution in [-0.2, 0) is 22.6 Å². The largest absolute Gasteiger partial charge is 0.481 e. The fourth-order valence-electron chi connectivity index (χ4n) is 2.80. The normalized spacial score (nSPS) is 17.9. The molecular formula is C15H23ClN4O3. The molecular weight excluding hydrogens is 320 g/mol. The average Bonchev–Trinajstić information content (AvgIpc) is 3.10. The summed E-state index contributed by atoms with van der Waals surface area (Å²) in [6, 6.07) is 0.422. The maximum absolute atomic E-state index is 12.3. The molecule has 1 aliphatic rings. The average molecular weight is 343 g/mol. The third-order valence-electron chi connectivity index (χ3n) is 4.25. The summed E-state index contributed by atoms with van der Waals surface area (Å²) in [5.41, 5.74) is 0. The van der Waals surface area contributed by atoms with Gasteiger partial charge in [0.15, 0.2) is 0 Å². The van der Waals surface area contributed by atoms with Crippen LogP contribution in [0.1, 0.15) is 25.1 Å². The van der Waals surface area contributed by atoms with Gasteiger partial charge in [0.1, 0.15) is 11.0 Å². The number of halogens is 1. The molecule has 0 spiro atoms. The van der Waals surface area contributed by atoms with Gasteiger partial charge in [-0.1, -0.05) is 11.6 Å². The number of carbonyl (C=O) groups excluding carboxylic acids is 1. The lowest BCUT2D eigenvalue weighted by atomic mass is 10.2. The minimum Gasteiger partial charge on any atom is -0.481 e. The van der Waals surface area contributed by atoms with Crippen LogP contribution in [0, 0.1) is 0 Å². The molecule has 8 heteroatoms. The van der Waals surface area contributed by atoms with Crippen LogP contribution in [0.25, 0.3) is 0 Å². The second kappa shape index (κ2) is 7.79. The maximum atomic E-state index is 12.3. The van der Waals surface area contributed by atoms with Gasteiger partial charge in [0.2, 0.25) is 5.91 Å². The van der Waals surface area contributed by atoms with Crippen LogP contribution in [-0.4, -0.2) is 69.6 Å². The van der Waals surface area contributed by atoms with E-state index in [2.05, 4.69) is 9.88 Å². The number of hydrogen-bond donors (Lipinski definition) is 1. The SMILES string of the molecule is CN(C)[C@H]1CCN(C(=O)CCc2ncc(Cl)n2CCC(=O)O)C1. The summed E-state index contributed by atoms with van der Waals surface area (Å²) >= 11 is 6.03. The zero-order valence-electron chi connectivity index (χ0n) is 13.5. The molecule has 0 aromatic carbocycles. The lowest BCUT2D eigenvalue weighted by Gasteiger charge is -2.20. The van der Waals surface area contributed by atoms with Crippen molar-refractivity contribution in [2.24, 2.45) is 0 Å². The molecule has 1 aromatic heterocycles. The minimum absolute atomic E-state index is 0.0202. The van der Waals surface area contributed by atoms with E-state index >= 15 is 0 Å². The number of rotatable bonds is 7. The predicted molar refractivity (Wildman–Crippen MR) is 86.5 cm³/mol. The van der Waals surface area contributed by atoms with Crippen molar-refractivity contribution < 1.29 is 14.7 Å². The van der Waals surface area contributed by atoms with Crippen molar-refractivity contribution in [3.63, 3.8) is 0 Å². The van der Waals surface area contributed by atoms with Crippen LogP contribution in [0.15, 0.2) is 6.20 Å². The number of aryl methyl sites for hydroxylation is 1. The van der Waals surface area contributed by atoms with Crippen molar-refractivity contribution in [2.45, 2.75) is 38.3 Å². The molecule has 7 nitrogen and oxygen atoms in total. The number of carboxylic acid groups (broad SMARTS) is 1. The number of likely N-dealkylation sites (tertiary alicyclic amines) is 1. The van der Waals surface area contributed by atoms with E-state index in [9.17, 15) is 9.59 Å². The molecule has 128 valence electrons. The zero-order valence-corrected chi connectivity index (χ0v) is 14.3. The van der Waals surface area contributed by atoms with Gasteiger partial charge in [0.05, 0.1) is 12.6 Å². The summed E-state index contributed by atoms with van der Waals surface area (Å²) in [5.74, 6) is -0.116. The highest BCUT2D eigenvalue weighted by atomic mass is 35.5. The van der Waals surface area contributed by atoms with Crippen LogP contribution in [0.2, 0.25) is 5.15 Å². The lowest BCUT2D eigenvalue weighted by molar-refractivity contribution is -0.137. The maximum Gasteiger partial charge on any atom is 0.305 e. The van der Waals surface area contributed by atoms with Crippen LogP contribution < -0.4 is 0 Å². The number of imidazole rings is 1. The summed E-state index contributed by atoms with van der Waals surface area (Å²) in [7, 11) is 4.06. The summed E-state index contributed by atoms with van der Waals surface area (Å²) in [6.07, 6.45) is 3.31. The Kier molecular flexibility index (Phi) is 6.01. The van der Waals surface area contributed by atoms with Gasteiger partial charge in [-0.15, -0.1) is 0 Å². The number of hydrogen-bond acceptors (Lipinski definition) is 4. The van der Waals surface area contributed by atoms with E-state index in [-0.39, 0.29) is 18.9 Å². The molecule has 2 heterocycles. The van der Waals surface area contributed by atoms with Gasteiger partial charge in [-0.25, -0.2) is 4.98 Å². The first kappa shape index (κ1) is 17.7. The number of carbonyl (C=O) groups is 2. The molecule has 2 rings (SSSR count). The van der Waals surface area contributed by atoms with E-state index in [1.165, 1.54) is 6.20 Å².